The molecule has 114 valence electrons. The number of hydrogen-bond donors (Lipinski definition) is 3. The van der Waals surface area contributed by atoms with Crippen molar-refractivity contribution in [2.45, 2.75) is 0 Å². The van der Waals surface area contributed by atoms with E-state index in [9.17, 15) is 19.4 Å². The average molecular weight is 304 g/mol. The Hall–Kier alpha value is -3.09. The van der Waals surface area contributed by atoms with Crippen molar-refractivity contribution in [3.63, 3.8) is 0 Å². The maximum atomic E-state index is 13.1. The first-order valence-electron chi connectivity index (χ1n) is 6.20. The lowest BCUT2D eigenvalue weighted by Crippen LogP contribution is -2.18. The predicted octanol–water partition coefficient (Wildman–Crippen LogP) is 2.01. The first kappa shape index (κ1) is 15.3. The number of halogens is 1. The first-order valence-corrected chi connectivity index (χ1v) is 6.20. The normalized spacial score (nSPS) is 10.6. The van der Waals surface area contributed by atoms with Gasteiger partial charge in [-0.3, -0.25) is 4.79 Å². The maximum absolute atomic E-state index is 13.1. The van der Waals surface area contributed by atoms with Crippen LogP contribution in [0.15, 0.2) is 41.5 Å². The molecule has 0 unspecified atom stereocenters. The number of carbonyl (C=O) groups excluding carboxylic acids is 1. The molecule has 0 atom stereocenters. The van der Waals surface area contributed by atoms with Crippen LogP contribution in [0.5, 0.6) is 17.2 Å². The Kier molecular flexibility index (Phi) is 4.57. The van der Waals surface area contributed by atoms with Gasteiger partial charge in [-0.15, -0.1) is 0 Å². The molecule has 2 aromatic rings. The van der Waals surface area contributed by atoms with Crippen LogP contribution < -0.4 is 10.2 Å². The monoisotopic (exact) mass is 304 g/mol. The molecule has 0 spiro atoms. The Labute approximate surface area is 125 Å². The number of phenols is 2. The van der Waals surface area contributed by atoms with Crippen LogP contribution in [0.3, 0.4) is 0 Å². The summed E-state index contributed by atoms with van der Waals surface area (Å²) in [4.78, 5) is 11.8. The summed E-state index contributed by atoms with van der Waals surface area (Å²) in [6.07, 6.45) is 1.20. The van der Waals surface area contributed by atoms with E-state index in [1.165, 1.54) is 25.5 Å². The molecule has 0 aliphatic heterocycles. The Bertz CT molecular complexity index is 731. The predicted molar refractivity (Wildman–Crippen MR) is 77.8 cm³/mol. The highest BCUT2D eigenvalue weighted by Gasteiger charge is 2.11. The second-order valence-corrected chi connectivity index (χ2v) is 4.29. The molecule has 2 aromatic carbocycles. The van der Waals surface area contributed by atoms with Gasteiger partial charge in [-0.1, -0.05) is 0 Å². The summed E-state index contributed by atoms with van der Waals surface area (Å²) in [6, 6.07) is 7.50. The van der Waals surface area contributed by atoms with Crippen molar-refractivity contribution in [2.75, 3.05) is 7.11 Å². The smallest absolute Gasteiger partial charge is 0.275 e. The minimum atomic E-state index is -0.782. The summed E-state index contributed by atoms with van der Waals surface area (Å²) in [5, 5.41) is 22.8. The quantitative estimate of drug-likeness (QED) is 0.595. The molecule has 0 aromatic heterocycles. The number of benzene rings is 2. The number of aromatic hydroxyl groups is 2. The molecular weight excluding hydrogens is 291 g/mol. The van der Waals surface area contributed by atoms with E-state index in [0.717, 1.165) is 18.2 Å². The number of hydrazone groups is 1. The van der Waals surface area contributed by atoms with Gasteiger partial charge in [0.25, 0.3) is 5.91 Å². The topological polar surface area (TPSA) is 91.2 Å². The molecule has 0 bridgehead atoms. The molecule has 22 heavy (non-hydrogen) atoms. The fourth-order valence-electron chi connectivity index (χ4n) is 1.67. The molecular formula is C15H13FN2O4. The van der Waals surface area contributed by atoms with Gasteiger partial charge in [0.2, 0.25) is 0 Å². The largest absolute Gasteiger partial charge is 0.507 e. The molecule has 0 aliphatic carbocycles. The van der Waals surface area contributed by atoms with Crippen molar-refractivity contribution < 1.29 is 24.1 Å². The van der Waals surface area contributed by atoms with Crippen LogP contribution in [0.25, 0.3) is 0 Å². The molecule has 7 heteroatoms. The Balaban J connectivity index is 2.12. The molecule has 1 amide bonds. The van der Waals surface area contributed by atoms with E-state index < -0.39 is 11.7 Å². The van der Waals surface area contributed by atoms with Gasteiger partial charge < -0.3 is 14.9 Å². The zero-order chi connectivity index (χ0) is 16.1. The molecule has 3 N–H and O–H groups in total. The molecule has 0 heterocycles. The van der Waals surface area contributed by atoms with Crippen LogP contribution in [-0.4, -0.2) is 29.4 Å². The molecule has 0 radical (unpaired) electrons. The van der Waals surface area contributed by atoms with Crippen LogP contribution in [0.1, 0.15) is 15.9 Å². The standard InChI is InChI=1S/C15H13FN2O4/c1-22-11-3-5-13(19)9(6-11)8-17-18-15(21)12-7-10(16)2-4-14(12)20/h2-8,19-20H,1H3,(H,18,21)/b17-8-. The number of phenolic OH excluding ortho intramolecular Hbond substituents is 2. The van der Waals surface area contributed by atoms with Crippen molar-refractivity contribution in [3.8, 4) is 17.2 Å². The summed E-state index contributed by atoms with van der Waals surface area (Å²) in [5.41, 5.74) is 2.21. The van der Waals surface area contributed by atoms with Gasteiger partial charge in [0, 0.05) is 5.56 Å². The Morgan fingerprint density at radius 1 is 1.23 bits per heavy atom. The van der Waals surface area contributed by atoms with Crippen molar-refractivity contribution in [1.29, 1.82) is 0 Å². The summed E-state index contributed by atoms with van der Waals surface area (Å²) in [7, 11) is 1.47. The highest BCUT2D eigenvalue weighted by Crippen LogP contribution is 2.21. The third-order valence-corrected chi connectivity index (χ3v) is 2.81. The number of nitrogens with one attached hydrogen (secondary N) is 1. The van der Waals surface area contributed by atoms with E-state index in [-0.39, 0.29) is 17.1 Å². The van der Waals surface area contributed by atoms with Gasteiger partial charge in [-0.2, -0.15) is 5.10 Å². The van der Waals surface area contributed by atoms with Gasteiger partial charge >= 0.3 is 0 Å². The molecule has 0 fully saturated rings. The zero-order valence-corrected chi connectivity index (χ0v) is 11.6. The summed E-state index contributed by atoms with van der Waals surface area (Å²) in [6.45, 7) is 0. The van der Waals surface area contributed by atoms with E-state index in [1.54, 1.807) is 6.07 Å². The number of nitrogens with zero attached hydrogens (tertiary/aromatic N) is 1. The molecule has 0 saturated carbocycles. The zero-order valence-electron chi connectivity index (χ0n) is 11.6. The lowest BCUT2D eigenvalue weighted by molar-refractivity contribution is 0.0952. The number of carbonyl (C=O) groups is 1. The van der Waals surface area contributed by atoms with Crippen molar-refractivity contribution in [1.82, 2.24) is 5.43 Å². The second kappa shape index (κ2) is 6.57. The van der Waals surface area contributed by atoms with Crippen LogP contribution in [0.2, 0.25) is 0 Å². The second-order valence-electron chi connectivity index (χ2n) is 4.29. The highest BCUT2D eigenvalue weighted by atomic mass is 19.1. The minimum absolute atomic E-state index is 0.0487. The van der Waals surface area contributed by atoms with Crippen LogP contribution in [0, 0.1) is 5.82 Å². The third kappa shape index (κ3) is 3.51. The van der Waals surface area contributed by atoms with E-state index in [1.807, 2.05) is 0 Å². The van der Waals surface area contributed by atoms with Gasteiger partial charge in [-0.05, 0) is 36.4 Å². The summed E-state index contributed by atoms with van der Waals surface area (Å²) < 4.78 is 18.1. The number of methoxy groups -OCH3 is 1. The van der Waals surface area contributed by atoms with E-state index in [2.05, 4.69) is 10.5 Å². The lowest BCUT2D eigenvalue weighted by Gasteiger charge is -2.04. The van der Waals surface area contributed by atoms with Gasteiger partial charge in [0.1, 0.15) is 23.1 Å². The average Bonchev–Trinajstić information content (AvgIpc) is 2.51. The van der Waals surface area contributed by atoms with Crippen LogP contribution in [0.4, 0.5) is 4.39 Å². The van der Waals surface area contributed by atoms with E-state index >= 15 is 0 Å². The molecule has 0 aliphatic rings. The minimum Gasteiger partial charge on any atom is -0.507 e. The summed E-state index contributed by atoms with van der Waals surface area (Å²) in [5.74, 6) is -1.34. The SMILES string of the molecule is COc1ccc(O)c(/C=N\NC(=O)c2cc(F)ccc2O)c1. The fourth-order valence-corrected chi connectivity index (χ4v) is 1.67. The lowest BCUT2D eigenvalue weighted by atomic mass is 10.2. The molecule has 2 rings (SSSR count). The number of amides is 1. The number of ether oxygens (including phenoxy) is 1. The highest BCUT2D eigenvalue weighted by molar-refractivity contribution is 5.97. The Morgan fingerprint density at radius 2 is 1.95 bits per heavy atom. The van der Waals surface area contributed by atoms with Crippen molar-refractivity contribution >= 4 is 12.1 Å². The first-order chi connectivity index (χ1) is 10.5. The maximum Gasteiger partial charge on any atom is 0.275 e. The molecule has 6 nitrogen and oxygen atoms in total. The van der Waals surface area contributed by atoms with Crippen LogP contribution in [-0.2, 0) is 0 Å². The molecule has 0 saturated heterocycles. The number of hydrogen-bond acceptors (Lipinski definition) is 5. The van der Waals surface area contributed by atoms with E-state index in [4.69, 9.17) is 4.74 Å². The van der Waals surface area contributed by atoms with Crippen molar-refractivity contribution in [2.24, 2.45) is 5.10 Å². The van der Waals surface area contributed by atoms with E-state index in [0.29, 0.717) is 11.3 Å². The van der Waals surface area contributed by atoms with Gasteiger partial charge in [-0.25, -0.2) is 9.82 Å². The fraction of sp³-hybridized carbons (Fsp3) is 0.0667. The summed E-state index contributed by atoms with van der Waals surface area (Å²) >= 11 is 0. The Morgan fingerprint density at radius 3 is 2.68 bits per heavy atom. The van der Waals surface area contributed by atoms with Crippen molar-refractivity contribution in [3.05, 3.63) is 53.3 Å². The van der Waals surface area contributed by atoms with Gasteiger partial charge in [0.05, 0.1) is 18.9 Å². The third-order valence-electron chi connectivity index (χ3n) is 2.81. The number of rotatable bonds is 4. The van der Waals surface area contributed by atoms with Gasteiger partial charge in [0.15, 0.2) is 0 Å². The van der Waals surface area contributed by atoms with Crippen LogP contribution >= 0.6 is 0 Å².